The highest BCUT2D eigenvalue weighted by molar-refractivity contribution is 7.89. The number of hydrogen-bond acceptors (Lipinski definition) is 7. The molecule has 11 heteroatoms. The summed E-state index contributed by atoms with van der Waals surface area (Å²) in [5, 5.41) is 11.8. The Morgan fingerprint density at radius 2 is 2.18 bits per heavy atom. The van der Waals surface area contributed by atoms with Crippen LogP contribution in [-0.2, 0) is 14.8 Å². The standard InChI is InChI=1S/C17H21ClN4O4S2/c1-10(2)16-21-22-17(27-16)20-15(23)11-5-6-13(18)14(8-11)28(24,25)19-9-12-4-3-7-26-12/h5-6,8,10,12,19H,3-4,7,9H2,1-2H3,(H,20,22,23)/t12-/m0/s1. The highest BCUT2D eigenvalue weighted by atomic mass is 35.5. The molecule has 8 nitrogen and oxygen atoms in total. The van der Waals surface area contributed by atoms with Crippen LogP contribution >= 0.6 is 22.9 Å². The molecule has 2 heterocycles. The van der Waals surface area contributed by atoms with Crippen LogP contribution in [-0.4, -0.2) is 43.8 Å². The van der Waals surface area contributed by atoms with Crippen molar-refractivity contribution < 1.29 is 17.9 Å². The second-order valence-electron chi connectivity index (χ2n) is 6.69. The van der Waals surface area contributed by atoms with E-state index in [1.165, 1.54) is 29.5 Å². The summed E-state index contributed by atoms with van der Waals surface area (Å²) in [4.78, 5) is 12.3. The fourth-order valence-corrected chi connectivity index (χ4v) is 4.95. The number of nitrogens with zero attached hydrogens (tertiary/aromatic N) is 2. The molecular weight excluding hydrogens is 424 g/mol. The van der Waals surface area contributed by atoms with Crippen LogP contribution in [0.1, 0.15) is 48.0 Å². The third kappa shape index (κ3) is 5.06. The average molecular weight is 445 g/mol. The number of hydrogen-bond donors (Lipinski definition) is 2. The Hall–Kier alpha value is -1.59. The van der Waals surface area contributed by atoms with Gasteiger partial charge in [-0.2, -0.15) is 0 Å². The zero-order valence-corrected chi connectivity index (χ0v) is 17.8. The van der Waals surface area contributed by atoms with Gasteiger partial charge < -0.3 is 4.74 Å². The van der Waals surface area contributed by atoms with Crippen molar-refractivity contribution in [2.45, 2.75) is 43.6 Å². The van der Waals surface area contributed by atoms with Crippen molar-refractivity contribution >= 4 is 44.0 Å². The van der Waals surface area contributed by atoms with Crippen LogP contribution in [0.25, 0.3) is 0 Å². The molecule has 1 aliphatic heterocycles. The first-order valence-electron chi connectivity index (χ1n) is 8.82. The van der Waals surface area contributed by atoms with Gasteiger partial charge in [0.15, 0.2) is 0 Å². The number of halogens is 1. The van der Waals surface area contributed by atoms with E-state index >= 15 is 0 Å². The lowest BCUT2D eigenvalue weighted by molar-refractivity contribution is 0.102. The van der Waals surface area contributed by atoms with E-state index in [4.69, 9.17) is 16.3 Å². The minimum absolute atomic E-state index is 0.0365. The van der Waals surface area contributed by atoms with Crippen molar-refractivity contribution in [3.05, 3.63) is 33.8 Å². The van der Waals surface area contributed by atoms with Crippen molar-refractivity contribution in [2.24, 2.45) is 0 Å². The first kappa shape index (κ1) is 21.1. The van der Waals surface area contributed by atoms with Gasteiger partial charge in [-0.05, 0) is 31.0 Å². The Morgan fingerprint density at radius 1 is 1.39 bits per heavy atom. The molecule has 3 rings (SSSR count). The van der Waals surface area contributed by atoms with Crippen LogP contribution in [0.4, 0.5) is 5.13 Å². The molecule has 0 unspecified atom stereocenters. The van der Waals surface area contributed by atoms with Crippen LogP contribution in [0.15, 0.2) is 23.1 Å². The first-order valence-corrected chi connectivity index (χ1v) is 11.5. The molecule has 1 amide bonds. The number of aromatic nitrogens is 2. The average Bonchev–Trinajstić information content (AvgIpc) is 3.32. The summed E-state index contributed by atoms with van der Waals surface area (Å²) >= 11 is 7.35. The van der Waals surface area contributed by atoms with E-state index in [9.17, 15) is 13.2 Å². The van der Waals surface area contributed by atoms with E-state index in [1.54, 1.807) is 0 Å². The topological polar surface area (TPSA) is 110 Å². The van der Waals surface area contributed by atoms with Crippen LogP contribution in [0.2, 0.25) is 5.02 Å². The lowest BCUT2D eigenvalue weighted by Crippen LogP contribution is -2.32. The number of amides is 1. The molecule has 152 valence electrons. The molecule has 2 aromatic rings. The van der Waals surface area contributed by atoms with Crippen molar-refractivity contribution in [2.75, 3.05) is 18.5 Å². The maximum atomic E-state index is 12.6. The molecule has 1 aliphatic rings. The molecule has 0 aliphatic carbocycles. The normalized spacial score (nSPS) is 17.2. The molecule has 28 heavy (non-hydrogen) atoms. The number of rotatable bonds is 7. The minimum Gasteiger partial charge on any atom is -0.377 e. The summed E-state index contributed by atoms with van der Waals surface area (Å²) in [6.07, 6.45) is 1.57. The number of anilines is 1. The van der Waals surface area contributed by atoms with Crippen molar-refractivity contribution in [3.63, 3.8) is 0 Å². The highest BCUT2D eigenvalue weighted by Gasteiger charge is 2.23. The fraction of sp³-hybridized carbons (Fsp3) is 0.471. The monoisotopic (exact) mass is 444 g/mol. The predicted octanol–water partition coefficient (Wildman–Crippen LogP) is 3.02. The van der Waals surface area contributed by atoms with Gasteiger partial charge in [0.25, 0.3) is 5.91 Å². The van der Waals surface area contributed by atoms with Gasteiger partial charge in [-0.15, -0.1) is 10.2 Å². The first-order chi connectivity index (χ1) is 13.3. The second-order valence-corrected chi connectivity index (χ2v) is 9.84. The minimum atomic E-state index is -3.88. The maximum absolute atomic E-state index is 12.6. The number of carbonyl (C=O) groups is 1. The van der Waals surface area contributed by atoms with Crippen molar-refractivity contribution in [1.29, 1.82) is 0 Å². The molecule has 2 N–H and O–H groups in total. The number of carbonyl (C=O) groups excluding carboxylic acids is 1. The predicted molar refractivity (Wildman–Crippen MR) is 108 cm³/mol. The molecule has 0 saturated carbocycles. The molecule has 0 bridgehead atoms. The van der Waals surface area contributed by atoms with E-state index in [2.05, 4.69) is 20.2 Å². The van der Waals surface area contributed by atoms with Gasteiger partial charge in [-0.1, -0.05) is 36.8 Å². The Bertz CT molecular complexity index is 956. The van der Waals surface area contributed by atoms with Crippen LogP contribution in [0, 0.1) is 0 Å². The van der Waals surface area contributed by atoms with Crippen LogP contribution in [0.3, 0.4) is 0 Å². The van der Waals surface area contributed by atoms with Gasteiger partial charge in [-0.25, -0.2) is 13.1 Å². The Labute approximate surface area is 172 Å². The SMILES string of the molecule is CC(C)c1nnc(NC(=O)c2ccc(Cl)c(S(=O)(=O)NC[C@@H]3CCCO3)c2)s1. The van der Waals surface area contributed by atoms with Gasteiger partial charge >= 0.3 is 0 Å². The van der Waals surface area contributed by atoms with Crippen molar-refractivity contribution in [3.8, 4) is 0 Å². The molecule has 0 spiro atoms. The van der Waals surface area contributed by atoms with E-state index in [0.29, 0.717) is 11.7 Å². The number of benzene rings is 1. The molecule has 1 aromatic heterocycles. The number of nitrogens with one attached hydrogen (secondary N) is 2. The van der Waals surface area contributed by atoms with Gasteiger partial charge in [0.2, 0.25) is 15.2 Å². The van der Waals surface area contributed by atoms with E-state index in [1.807, 2.05) is 13.8 Å². The second kappa shape index (κ2) is 8.83. The summed E-state index contributed by atoms with van der Waals surface area (Å²) in [7, 11) is -3.88. The smallest absolute Gasteiger partial charge is 0.257 e. The summed E-state index contributed by atoms with van der Waals surface area (Å²) in [5.74, 6) is -0.288. The third-order valence-electron chi connectivity index (χ3n) is 4.16. The summed E-state index contributed by atoms with van der Waals surface area (Å²) in [6.45, 7) is 4.75. The lowest BCUT2D eigenvalue weighted by atomic mass is 10.2. The molecule has 1 aromatic carbocycles. The van der Waals surface area contributed by atoms with E-state index in [-0.39, 0.29) is 34.0 Å². The molecule has 1 atom stereocenters. The summed E-state index contributed by atoms with van der Waals surface area (Å²) in [6, 6.07) is 4.10. The molecule has 1 fully saturated rings. The van der Waals surface area contributed by atoms with E-state index in [0.717, 1.165) is 17.8 Å². The fourth-order valence-electron chi connectivity index (χ4n) is 2.62. The largest absolute Gasteiger partial charge is 0.377 e. The molecule has 1 saturated heterocycles. The number of sulfonamides is 1. The van der Waals surface area contributed by atoms with E-state index < -0.39 is 15.9 Å². The highest BCUT2D eigenvalue weighted by Crippen LogP contribution is 2.25. The number of ether oxygens (including phenoxy) is 1. The Morgan fingerprint density at radius 3 is 2.82 bits per heavy atom. The summed E-state index contributed by atoms with van der Waals surface area (Å²) in [5.41, 5.74) is 0.156. The Kier molecular flexibility index (Phi) is 6.66. The van der Waals surface area contributed by atoms with Crippen LogP contribution < -0.4 is 10.0 Å². The maximum Gasteiger partial charge on any atom is 0.257 e. The summed E-state index contributed by atoms with van der Waals surface area (Å²) < 4.78 is 33.2. The molecule has 0 radical (unpaired) electrons. The van der Waals surface area contributed by atoms with Gasteiger partial charge in [0, 0.05) is 24.6 Å². The molecular formula is C17H21ClN4O4S2. The Balaban J connectivity index is 1.74. The lowest BCUT2D eigenvalue weighted by Gasteiger charge is -2.13. The van der Waals surface area contributed by atoms with Gasteiger partial charge in [0.05, 0.1) is 11.1 Å². The third-order valence-corrected chi connectivity index (χ3v) is 7.21. The zero-order chi connectivity index (χ0) is 20.3. The zero-order valence-electron chi connectivity index (χ0n) is 15.4. The van der Waals surface area contributed by atoms with Crippen molar-refractivity contribution in [1.82, 2.24) is 14.9 Å². The van der Waals surface area contributed by atoms with Gasteiger partial charge in [0.1, 0.15) is 9.90 Å². The van der Waals surface area contributed by atoms with Crippen LogP contribution in [0.5, 0.6) is 0 Å². The quantitative estimate of drug-likeness (QED) is 0.679. The van der Waals surface area contributed by atoms with Gasteiger partial charge in [-0.3, -0.25) is 10.1 Å².